The molecule has 0 radical (unpaired) electrons. The third-order valence-electron chi connectivity index (χ3n) is 3.15. The summed E-state index contributed by atoms with van der Waals surface area (Å²) in [7, 11) is 0. The van der Waals surface area contributed by atoms with E-state index in [-0.39, 0.29) is 29.4 Å². The molecule has 0 aromatic heterocycles. The van der Waals surface area contributed by atoms with Crippen LogP contribution >= 0.6 is 0 Å². The first kappa shape index (κ1) is 18.7. The summed E-state index contributed by atoms with van der Waals surface area (Å²) in [6.45, 7) is 1.62. The minimum atomic E-state index is -0.537. The normalized spacial score (nSPS) is 16.3. The Morgan fingerprint density at radius 1 is 1.50 bits per heavy atom. The lowest BCUT2D eigenvalue weighted by atomic mass is 10.1. The van der Waals surface area contributed by atoms with Crippen LogP contribution in [0.3, 0.4) is 0 Å². The highest BCUT2D eigenvalue weighted by atomic mass is 16.6. The molecule has 1 aromatic carbocycles. The van der Waals surface area contributed by atoms with E-state index in [4.69, 9.17) is 11.3 Å². The van der Waals surface area contributed by atoms with Gasteiger partial charge < -0.3 is 11.1 Å². The van der Waals surface area contributed by atoms with Gasteiger partial charge in [-0.2, -0.15) is 5.11 Å². The maximum Gasteiger partial charge on any atom is 0.271 e. The van der Waals surface area contributed by atoms with Gasteiger partial charge in [0.1, 0.15) is 11.7 Å². The monoisotopic (exact) mass is 336 g/mol. The van der Waals surface area contributed by atoms with Crippen molar-refractivity contribution in [1.82, 2.24) is 10.6 Å². The Kier molecular flexibility index (Phi) is 6.47. The highest BCUT2D eigenvalue weighted by molar-refractivity contribution is 6.00. The molecule has 2 rings (SSSR count). The molecule has 0 spiro atoms. The van der Waals surface area contributed by atoms with Crippen LogP contribution in [0.4, 0.5) is 17.1 Å². The van der Waals surface area contributed by atoms with Crippen molar-refractivity contribution in [3.63, 3.8) is 0 Å². The summed E-state index contributed by atoms with van der Waals surface area (Å²) in [5, 5.41) is 18.0. The molecule has 0 aliphatic carbocycles. The highest BCUT2D eigenvalue weighted by Crippen LogP contribution is 2.30. The number of anilines is 1. The first-order valence-corrected chi connectivity index (χ1v) is 6.75. The molecule has 1 atom stereocenters. The maximum atomic E-state index is 10.8. The van der Waals surface area contributed by atoms with Gasteiger partial charge in [-0.05, 0) is 18.9 Å². The number of benzene rings is 1. The van der Waals surface area contributed by atoms with Gasteiger partial charge in [0.15, 0.2) is 0 Å². The molecule has 24 heavy (non-hydrogen) atoms. The Morgan fingerprint density at radius 3 is 2.62 bits per heavy atom. The average molecular weight is 336 g/mol. The summed E-state index contributed by atoms with van der Waals surface area (Å²) in [4.78, 5) is 41.2. The second-order valence-corrected chi connectivity index (χ2v) is 4.86. The van der Waals surface area contributed by atoms with E-state index in [1.54, 1.807) is 6.92 Å². The Morgan fingerprint density at radius 2 is 2.17 bits per heavy atom. The van der Waals surface area contributed by atoms with Crippen LogP contribution < -0.4 is 16.4 Å². The summed E-state index contributed by atoms with van der Waals surface area (Å²) in [5.41, 5.74) is 13.1. The lowest BCUT2D eigenvalue weighted by Gasteiger charge is -2.19. The van der Waals surface area contributed by atoms with Gasteiger partial charge in [0.2, 0.25) is 18.2 Å². The number of hydrogen-bond donors (Lipinski definition) is 4. The molecule has 1 aliphatic heterocycles. The molecule has 11 heteroatoms. The summed E-state index contributed by atoms with van der Waals surface area (Å²) in [5.74, 6) is -0.702. The molecule has 0 bridgehead atoms. The molecule has 11 nitrogen and oxygen atoms in total. The van der Waals surface area contributed by atoms with E-state index in [1.807, 2.05) is 0 Å². The third-order valence-corrected chi connectivity index (χ3v) is 3.15. The van der Waals surface area contributed by atoms with Crippen LogP contribution in [0.25, 0.3) is 0 Å². The van der Waals surface area contributed by atoms with Crippen molar-refractivity contribution in [2.45, 2.75) is 25.8 Å². The Hall–Kier alpha value is -3.37. The Labute approximate surface area is 136 Å². The van der Waals surface area contributed by atoms with Crippen LogP contribution in [0.15, 0.2) is 17.2 Å². The van der Waals surface area contributed by atoms with Crippen molar-refractivity contribution >= 4 is 35.3 Å². The van der Waals surface area contributed by atoms with E-state index < -0.39 is 16.9 Å². The molecule has 0 saturated carbocycles. The second-order valence-electron chi connectivity index (χ2n) is 4.86. The van der Waals surface area contributed by atoms with Crippen molar-refractivity contribution < 1.29 is 19.3 Å². The number of nitrogens with zero attached hydrogens (tertiary/aromatic N) is 2. The fraction of sp³-hybridized carbons (Fsp3) is 0.308. The smallest absolute Gasteiger partial charge is 0.271 e. The maximum absolute atomic E-state index is 10.8. The first-order valence-electron chi connectivity index (χ1n) is 6.75. The summed E-state index contributed by atoms with van der Waals surface area (Å²) in [6.07, 6.45) is 1.14. The van der Waals surface area contributed by atoms with Gasteiger partial charge in [0, 0.05) is 18.6 Å². The highest BCUT2D eigenvalue weighted by Gasteiger charge is 2.25. The van der Waals surface area contributed by atoms with Gasteiger partial charge in [-0.3, -0.25) is 29.8 Å². The van der Waals surface area contributed by atoms with Crippen LogP contribution in [0.1, 0.15) is 18.4 Å². The van der Waals surface area contributed by atoms with Crippen LogP contribution in [0.2, 0.25) is 0 Å². The predicted molar refractivity (Wildman–Crippen MR) is 82.4 cm³/mol. The molecular formula is C13H16N6O5. The van der Waals surface area contributed by atoms with E-state index in [0.29, 0.717) is 18.4 Å². The van der Waals surface area contributed by atoms with E-state index in [2.05, 4.69) is 15.7 Å². The number of hydrogen-bond acceptors (Lipinski definition) is 8. The van der Waals surface area contributed by atoms with Gasteiger partial charge in [-0.1, -0.05) is 0 Å². The van der Waals surface area contributed by atoms with Gasteiger partial charge in [-0.25, -0.2) is 5.53 Å². The number of carbonyl (C=O) groups excluding carboxylic acids is 3. The molecule has 128 valence electrons. The fourth-order valence-corrected chi connectivity index (χ4v) is 1.98. The number of nitrogen functional groups attached to an aromatic ring is 1. The predicted octanol–water partition coefficient (Wildman–Crippen LogP) is 0.685. The van der Waals surface area contributed by atoms with Crippen LogP contribution in [-0.4, -0.2) is 29.2 Å². The van der Waals surface area contributed by atoms with E-state index in [9.17, 15) is 24.5 Å². The lowest BCUT2D eigenvalue weighted by molar-refractivity contribution is -0.384. The number of imide groups is 1. The van der Waals surface area contributed by atoms with Crippen molar-refractivity contribution in [2.24, 2.45) is 5.11 Å². The molecule has 1 aromatic rings. The molecule has 1 aliphatic rings. The number of nitrogens with two attached hydrogens (primary N) is 1. The lowest BCUT2D eigenvalue weighted by Crippen LogP contribution is -2.50. The van der Waals surface area contributed by atoms with Crippen molar-refractivity contribution in [3.05, 3.63) is 27.8 Å². The number of nitro benzene ring substituents is 1. The Balaban J connectivity index is 0.000000243. The first-order chi connectivity index (χ1) is 11.3. The van der Waals surface area contributed by atoms with Crippen LogP contribution in [0, 0.1) is 22.6 Å². The molecule has 5 N–H and O–H groups in total. The zero-order valence-corrected chi connectivity index (χ0v) is 12.7. The number of piperidine rings is 1. The number of nitrogens with one attached hydrogen (secondary N) is 3. The standard InChI is InChI=1S/C7H8N4O2.C6H8N2O3/c1-4-2-5(11(12)13)3-6(8)7(4)10-9;9-3-7-4-1-2-5(10)8-6(4)11/h2-3,9H,8H2,1H3;3-4H,1-2H2,(H,7,9)(H,8,10,11). The number of carbonyl (C=O) groups is 3. The second kappa shape index (κ2) is 8.31. The quantitative estimate of drug-likeness (QED) is 0.157. The van der Waals surface area contributed by atoms with Gasteiger partial charge in [0.05, 0.1) is 10.6 Å². The number of nitro groups is 1. The Bertz CT molecular complexity index is 666. The fourth-order valence-electron chi connectivity index (χ4n) is 1.98. The number of non-ortho nitro benzene ring substituents is 1. The van der Waals surface area contributed by atoms with Gasteiger partial charge in [-0.15, -0.1) is 0 Å². The van der Waals surface area contributed by atoms with Gasteiger partial charge >= 0.3 is 0 Å². The molecule has 1 heterocycles. The van der Waals surface area contributed by atoms with Crippen LogP contribution in [-0.2, 0) is 14.4 Å². The zero-order valence-electron chi connectivity index (χ0n) is 12.7. The number of rotatable bonds is 4. The van der Waals surface area contributed by atoms with Crippen LogP contribution in [0.5, 0.6) is 0 Å². The molecular weight excluding hydrogens is 320 g/mol. The van der Waals surface area contributed by atoms with Crippen molar-refractivity contribution in [1.29, 1.82) is 5.53 Å². The summed E-state index contributed by atoms with van der Waals surface area (Å²) >= 11 is 0. The molecule has 3 amide bonds. The minimum absolute atomic E-state index is 0.0811. The topological polar surface area (TPSA) is 181 Å². The van der Waals surface area contributed by atoms with Gasteiger partial charge in [0.25, 0.3) is 5.69 Å². The molecule has 1 saturated heterocycles. The summed E-state index contributed by atoms with van der Waals surface area (Å²) < 4.78 is 0. The molecule has 1 fully saturated rings. The van der Waals surface area contributed by atoms with E-state index >= 15 is 0 Å². The minimum Gasteiger partial charge on any atom is -0.397 e. The van der Waals surface area contributed by atoms with Crippen molar-refractivity contribution in [2.75, 3.05) is 5.73 Å². The summed E-state index contributed by atoms with van der Waals surface area (Å²) in [6, 6.07) is 1.99. The largest absolute Gasteiger partial charge is 0.397 e. The molecule has 1 unspecified atom stereocenters. The SMILES string of the molecule is Cc1cc([N+](=O)[O-])cc(N)c1N=N.O=CNC1CCC(=O)NC1=O. The number of aryl methyl sites for hydroxylation is 1. The van der Waals surface area contributed by atoms with E-state index in [0.717, 1.165) is 0 Å². The zero-order chi connectivity index (χ0) is 18.3. The number of amides is 3. The third kappa shape index (κ3) is 4.83. The van der Waals surface area contributed by atoms with E-state index in [1.165, 1.54) is 12.1 Å². The van der Waals surface area contributed by atoms with Crippen molar-refractivity contribution in [3.8, 4) is 0 Å². The average Bonchev–Trinajstić information content (AvgIpc) is 2.50.